The fourth-order valence-corrected chi connectivity index (χ4v) is 1.32. The minimum Gasteiger partial charge on any atom is -0.379 e. The highest BCUT2D eigenvalue weighted by atomic mass is 17.2. The minimum atomic E-state index is -0.708. The Morgan fingerprint density at radius 3 is 1.41 bits per heavy atom. The van der Waals surface area contributed by atoms with Crippen molar-refractivity contribution >= 4 is 11.9 Å². The first kappa shape index (κ1) is 17.4. The highest BCUT2D eigenvalue weighted by Gasteiger charge is 2.12. The van der Waals surface area contributed by atoms with Gasteiger partial charge in [0, 0.05) is 0 Å². The number of rotatable bonds is 2. The lowest BCUT2D eigenvalue weighted by Gasteiger charge is -2.02. The van der Waals surface area contributed by atoms with Gasteiger partial charge in [0.15, 0.2) is 0 Å². The van der Waals surface area contributed by atoms with Crippen LogP contribution in [-0.4, -0.2) is 23.3 Å². The van der Waals surface area contributed by atoms with Crippen molar-refractivity contribution in [2.75, 3.05) is 0 Å². The second kappa shape index (κ2) is 9.28. The maximum atomic E-state index is 11.5. The first-order valence-electron chi connectivity index (χ1n) is 6.47. The summed E-state index contributed by atoms with van der Waals surface area (Å²) in [5, 5.41) is 7.83. The number of nitrogens with two attached hydrogens (primary N) is 1. The molecule has 116 valence electrons. The molecular weight excluding hydrogens is 286 g/mol. The molecular formula is C16H17NO5. The van der Waals surface area contributed by atoms with E-state index in [1.807, 2.05) is 0 Å². The topological polar surface area (TPSA) is 98.8 Å². The Kier molecular flexibility index (Phi) is 7.32. The van der Waals surface area contributed by atoms with E-state index in [4.69, 9.17) is 5.11 Å². The Bertz CT molecular complexity index is 530. The number of hydrogen-bond acceptors (Lipinski definition) is 6. The number of aliphatic hydroxyl groups excluding tert-OH is 1. The summed E-state index contributed by atoms with van der Waals surface area (Å²) in [6, 6.07) is 16.6. The smallest absolute Gasteiger partial charge is 0.379 e. The lowest BCUT2D eigenvalue weighted by Crippen LogP contribution is -2.11. The first-order chi connectivity index (χ1) is 10.5. The third kappa shape index (κ3) is 6.65. The maximum Gasteiger partial charge on any atom is 0.386 e. The SMILES string of the molecule is CC(N)O.O=C(OOC(=O)c1ccccc1)c1ccccc1. The van der Waals surface area contributed by atoms with E-state index in [0.717, 1.165) is 0 Å². The van der Waals surface area contributed by atoms with Gasteiger partial charge >= 0.3 is 11.9 Å². The summed E-state index contributed by atoms with van der Waals surface area (Å²) in [6.45, 7) is 1.50. The van der Waals surface area contributed by atoms with E-state index < -0.39 is 18.2 Å². The lowest BCUT2D eigenvalue weighted by atomic mass is 10.2. The molecule has 2 rings (SSSR count). The Hall–Kier alpha value is -2.70. The maximum absolute atomic E-state index is 11.5. The number of benzene rings is 2. The van der Waals surface area contributed by atoms with Gasteiger partial charge < -0.3 is 10.8 Å². The van der Waals surface area contributed by atoms with Gasteiger partial charge in [-0.1, -0.05) is 36.4 Å². The Labute approximate surface area is 128 Å². The molecule has 0 heterocycles. The molecule has 0 amide bonds. The van der Waals surface area contributed by atoms with E-state index >= 15 is 0 Å². The second-order valence-corrected chi connectivity index (χ2v) is 4.21. The molecule has 3 N–H and O–H groups in total. The van der Waals surface area contributed by atoms with E-state index in [0.29, 0.717) is 11.1 Å². The van der Waals surface area contributed by atoms with Gasteiger partial charge in [-0.05, 0) is 31.2 Å². The van der Waals surface area contributed by atoms with Gasteiger partial charge in [-0.3, -0.25) is 0 Å². The zero-order valence-electron chi connectivity index (χ0n) is 12.0. The van der Waals surface area contributed by atoms with E-state index in [-0.39, 0.29) is 0 Å². The number of carbonyl (C=O) groups is 2. The van der Waals surface area contributed by atoms with Crippen LogP contribution in [0.25, 0.3) is 0 Å². The Morgan fingerprint density at radius 1 is 0.864 bits per heavy atom. The van der Waals surface area contributed by atoms with Crippen LogP contribution in [0.15, 0.2) is 60.7 Å². The predicted molar refractivity (Wildman–Crippen MR) is 79.6 cm³/mol. The van der Waals surface area contributed by atoms with Crippen molar-refractivity contribution in [1.29, 1.82) is 0 Å². The van der Waals surface area contributed by atoms with Gasteiger partial charge in [-0.2, -0.15) is 0 Å². The molecule has 0 radical (unpaired) electrons. The zero-order valence-corrected chi connectivity index (χ0v) is 12.0. The van der Waals surface area contributed by atoms with Crippen LogP contribution in [0.5, 0.6) is 0 Å². The van der Waals surface area contributed by atoms with Gasteiger partial charge in [0.25, 0.3) is 0 Å². The normalized spacial score (nSPS) is 10.7. The highest BCUT2D eigenvalue weighted by Crippen LogP contribution is 2.05. The van der Waals surface area contributed by atoms with Crippen LogP contribution in [-0.2, 0) is 9.78 Å². The van der Waals surface area contributed by atoms with E-state index in [1.54, 1.807) is 60.7 Å². The summed E-state index contributed by atoms with van der Waals surface area (Å²) < 4.78 is 0. The summed E-state index contributed by atoms with van der Waals surface area (Å²) in [5.74, 6) is -1.42. The molecule has 0 saturated heterocycles. The van der Waals surface area contributed by atoms with Gasteiger partial charge in [-0.15, -0.1) is 0 Å². The van der Waals surface area contributed by atoms with Gasteiger partial charge in [0.05, 0.1) is 17.4 Å². The quantitative estimate of drug-likeness (QED) is 0.499. The molecule has 6 nitrogen and oxygen atoms in total. The third-order valence-electron chi connectivity index (χ3n) is 2.21. The van der Waals surface area contributed by atoms with Gasteiger partial charge in [0.1, 0.15) is 0 Å². The van der Waals surface area contributed by atoms with Crippen molar-refractivity contribution in [3.63, 3.8) is 0 Å². The predicted octanol–water partition coefficient (Wildman–Crippen LogP) is 1.90. The van der Waals surface area contributed by atoms with Gasteiger partial charge in [-0.25, -0.2) is 19.4 Å². The Balaban J connectivity index is 0.000000541. The molecule has 1 atom stereocenters. The monoisotopic (exact) mass is 303 g/mol. The molecule has 0 aliphatic heterocycles. The summed E-state index contributed by atoms with van der Waals surface area (Å²) >= 11 is 0. The fraction of sp³-hybridized carbons (Fsp3) is 0.125. The minimum absolute atomic E-state index is 0.318. The summed E-state index contributed by atoms with van der Waals surface area (Å²) in [4.78, 5) is 31.9. The molecule has 0 fully saturated rings. The highest BCUT2D eigenvalue weighted by molar-refractivity contribution is 5.92. The van der Waals surface area contributed by atoms with E-state index in [2.05, 4.69) is 15.5 Å². The summed E-state index contributed by atoms with van der Waals surface area (Å²) in [7, 11) is 0. The van der Waals surface area contributed by atoms with Crippen molar-refractivity contribution in [3.8, 4) is 0 Å². The van der Waals surface area contributed by atoms with Crippen LogP contribution in [0.1, 0.15) is 27.6 Å². The number of carbonyl (C=O) groups excluding carboxylic acids is 2. The van der Waals surface area contributed by atoms with Crippen molar-refractivity contribution in [2.24, 2.45) is 5.73 Å². The van der Waals surface area contributed by atoms with Crippen LogP contribution >= 0.6 is 0 Å². The van der Waals surface area contributed by atoms with Crippen molar-refractivity contribution < 1.29 is 24.5 Å². The van der Waals surface area contributed by atoms with Crippen LogP contribution in [0.4, 0.5) is 0 Å². The van der Waals surface area contributed by atoms with Crippen molar-refractivity contribution in [3.05, 3.63) is 71.8 Å². The van der Waals surface area contributed by atoms with E-state index in [1.165, 1.54) is 6.92 Å². The molecule has 0 aromatic heterocycles. The third-order valence-corrected chi connectivity index (χ3v) is 2.21. The van der Waals surface area contributed by atoms with Crippen LogP contribution in [0.3, 0.4) is 0 Å². The average Bonchev–Trinajstić information content (AvgIpc) is 2.53. The first-order valence-corrected chi connectivity index (χ1v) is 6.47. The van der Waals surface area contributed by atoms with Gasteiger partial charge in [0.2, 0.25) is 0 Å². The molecule has 22 heavy (non-hydrogen) atoms. The zero-order chi connectivity index (χ0) is 16.4. The number of hydrogen-bond donors (Lipinski definition) is 2. The molecule has 0 aliphatic rings. The molecule has 1 unspecified atom stereocenters. The molecule has 6 heteroatoms. The van der Waals surface area contributed by atoms with Crippen molar-refractivity contribution in [1.82, 2.24) is 0 Å². The molecule has 0 saturated carbocycles. The lowest BCUT2D eigenvalue weighted by molar-refractivity contribution is -0.187. The van der Waals surface area contributed by atoms with Crippen LogP contribution in [0.2, 0.25) is 0 Å². The standard InChI is InChI=1S/C14H10O4.C2H7NO/c15-13(11-7-3-1-4-8-11)17-18-14(16)12-9-5-2-6-10-12;1-2(3)4/h1-10H;2,4H,3H2,1H3. The molecule has 0 bridgehead atoms. The fourth-order valence-electron chi connectivity index (χ4n) is 1.32. The number of aliphatic hydroxyl groups is 1. The average molecular weight is 303 g/mol. The molecule has 2 aromatic carbocycles. The molecule has 0 spiro atoms. The van der Waals surface area contributed by atoms with E-state index in [9.17, 15) is 9.59 Å². The largest absolute Gasteiger partial charge is 0.386 e. The second-order valence-electron chi connectivity index (χ2n) is 4.21. The van der Waals surface area contributed by atoms with Crippen molar-refractivity contribution in [2.45, 2.75) is 13.2 Å². The van der Waals surface area contributed by atoms with Crippen LogP contribution < -0.4 is 5.73 Å². The summed E-state index contributed by atoms with van der Waals surface area (Å²) in [5.41, 5.74) is 5.30. The van der Waals surface area contributed by atoms with Crippen LogP contribution in [0, 0.1) is 0 Å². The molecule has 0 aliphatic carbocycles. The Morgan fingerprint density at radius 2 is 1.14 bits per heavy atom. The summed E-state index contributed by atoms with van der Waals surface area (Å²) in [6.07, 6.45) is -0.667. The molecule has 2 aromatic rings.